The molecule has 1 aliphatic carbocycles. The summed E-state index contributed by atoms with van der Waals surface area (Å²) in [5.74, 6) is 3.33. The van der Waals surface area contributed by atoms with Crippen LogP contribution >= 0.6 is 0 Å². The summed E-state index contributed by atoms with van der Waals surface area (Å²) in [6.45, 7) is 7.54. The van der Waals surface area contributed by atoms with Crippen molar-refractivity contribution in [2.45, 2.75) is 84.5 Å². The van der Waals surface area contributed by atoms with Gasteiger partial charge in [0, 0.05) is 0 Å². The summed E-state index contributed by atoms with van der Waals surface area (Å²) in [5.41, 5.74) is 4.11. The van der Waals surface area contributed by atoms with Crippen molar-refractivity contribution in [1.29, 1.82) is 0 Å². The molecule has 1 aliphatic rings. The van der Waals surface area contributed by atoms with Crippen molar-refractivity contribution in [1.82, 2.24) is 0 Å². The fraction of sp³-hybridized carbons (Fsp3) is 0.571. The van der Waals surface area contributed by atoms with E-state index >= 15 is 0 Å². The van der Waals surface area contributed by atoms with Gasteiger partial charge in [-0.25, -0.2) is 0 Å². The summed E-state index contributed by atoms with van der Waals surface area (Å²) in [5, 5.41) is 0. The highest BCUT2D eigenvalue weighted by molar-refractivity contribution is 5.64. The normalized spacial score (nSPS) is 20.4. The number of hydrogen-bond donors (Lipinski definition) is 0. The minimum absolute atomic E-state index is 0.605. The molecule has 158 valence electrons. The van der Waals surface area contributed by atoms with Crippen LogP contribution in [-0.4, -0.2) is 6.61 Å². The monoisotopic (exact) mass is 392 g/mol. The van der Waals surface area contributed by atoms with E-state index in [9.17, 15) is 0 Å². The van der Waals surface area contributed by atoms with Crippen LogP contribution in [0.3, 0.4) is 0 Å². The molecule has 1 atom stereocenters. The molecule has 1 nitrogen and oxygen atoms in total. The van der Waals surface area contributed by atoms with Crippen molar-refractivity contribution in [2.75, 3.05) is 6.61 Å². The van der Waals surface area contributed by atoms with Gasteiger partial charge in [-0.2, -0.15) is 0 Å². The average Bonchev–Trinajstić information content (AvgIpc) is 2.78. The molecule has 1 heteroatoms. The van der Waals surface area contributed by atoms with Crippen molar-refractivity contribution in [3.05, 3.63) is 54.1 Å². The molecule has 1 saturated carbocycles. The maximum absolute atomic E-state index is 5.89. The number of ether oxygens (including phenoxy) is 1. The number of hydrogen-bond acceptors (Lipinski definition) is 1. The van der Waals surface area contributed by atoms with E-state index in [-0.39, 0.29) is 0 Å². The lowest BCUT2D eigenvalue weighted by atomic mass is 9.77. The maximum Gasteiger partial charge on any atom is 0.119 e. The zero-order valence-electron chi connectivity index (χ0n) is 18.8. The van der Waals surface area contributed by atoms with Gasteiger partial charge in [0.1, 0.15) is 5.75 Å². The minimum Gasteiger partial charge on any atom is -0.493 e. The Morgan fingerprint density at radius 3 is 2.03 bits per heavy atom. The maximum atomic E-state index is 5.89. The molecule has 2 aromatic rings. The second-order valence-corrected chi connectivity index (χ2v) is 9.18. The molecular weight excluding hydrogens is 352 g/mol. The molecule has 0 amide bonds. The first-order valence-electron chi connectivity index (χ1n) is 12.0. The van der Waals surface area contributed by atoms with Crippen molar-refractivity contribution >= 4 is 0 Å². The molecular formula is C28H40O. The van der Waals surface area contributed by atoms with Gasteiger partial charge in [-0.3, -0.25) is 0 Å². The van der Waals surface area contributed by atoms with Crippen LogP contribution in [0.1, 0.15) is 90.0 Å². The highest BCUT2D eigenvalue weighted by atomic mass is 16.5. The minimum atomic E-state index is 0.605. The van der Waals surface area contributed by atoms with Gasteiger partial charge in [0.15, 0.2) is 0 Å². The third kappa shape index (κ3) is 6.63. The summed E-state index contributed by atoms with van der Waals surface area (Å²) in [4.78, 5) is 0. The van der Waals surface area contributed by atoms with E-state index in [1.165, 1.54) is 68.1 Å². The van der Waals surface area contributed by atoms with Crippen LogP contribution < -0.4 is 4.74 Å². The van der Waals surface area contributed by atoms with Crippen molar-refractivity contribution in [3.8, 4) is 16.9 Å². The Bertz CT molecular complexity index is 692. The Kier molecular flexibility index (Phi) is 8.65. The number of unbranched alkanes of at least 4 members (excludes halogenated alkanes) is 2. The quantitative estimate of drug-likeness (QED) is 0.368. The van der Waals surface area contributed by atoms with Gasteiger partial charge in [-0.1, -0.05) is 89.3 Å². The first kappa shape index (κ1) is 21.9. The molecule has 0 radical (unpaired) electrons. The Labute approximate surface area is 178 Å². The lowest BCUT2D eigenvalue weighted by Gasteiger charge is -2.29. The van der Waals surface area contributed by atoms with Gasteiger partial charge in [0.2, 0.25) is 0 Å². The Morgan fingerprint density at radius 1 is 0.828 bits per heavy atom. The van der Waals surface area contributed by atoms with Gasteiger partial charge in [-0.15, -0.1) is 0 Å². The van der Waals surface area contributed by atoms with Gasteiger partial charge in [0.05, 0.1) is 6.61 Å². The number of benzene rings is 2. The third-order valence-electron chi connectivity index (χ3n) is 6.86. The Balaban J connectivity index is 1.51. The van der Waals surface area contributed by atoms with Crippen molar-refractivity contribution in [3.63, 3.8) is 0 Å². The Hall–Kier alpha value is -1.76. The average molecular weight is 393 g/mol. The topological polar surface area (TPSA) is 9.23 Å². The summed E-state index contributed by atoms with van der Waals surface area (Å²) >= 11 is 0. The van der Waals surface area contributed by atoms with Crippen LogP contribution in [0.25, 0.3) is 11.1 Å². The van der Waals surface area contributed by atoms with E-state index in [1.54, 1.807) is 0 Å². The van der Waals surface area contributed by atoms with Gasteiger partial charge in [0.25, 0.3) is 0 Å². The second kappa shape index (κ2) is 11.4. The fourth-order valence-corrected chi connectivity index (χ4v) is 4.52. The highest BCUT2D eigenvalue weighted by Crippen LogP contribution is 2.38. The van der Waals surface area contributed by atoms with Crippen LogP contribution in [0.4, 0.5) is 0 Å². The predicted molar refractivity (Wildman–Crippen MR) is 126 cm³/mol. The first-order valence-corrected chi connectivity index (χ1v) is 12.0. The molecule has 29 heavy (non-hydrogen) atoms. The van der Waals surface area contributed by atoms with Crippen LogP contribution in [0, 0.1) is 11.8 Å². The molecule has 0 aliphatic heterocycles. The molecule has 3 rings (SSSR count). The largest absolute Gasteiger partial charge is 0.493 e. The predicted octanol–water partition coefficient (Wildman–Crippen LogP) is 8.63. The van der Waals surface area contributed by atoms with Crippen molar-refractivity contribution in [2.24, 2.45) is 11.8 Å². The number of rotatable bonds is 10. The smallest absolute Gasteiger partial charge is 0.119 e. The molecule has 0 N–H and O–H groups in total. The molecule has 0 heterocycles. The summed E-state index contributed by atoms with van der Waals surface area (Å²) in [6, 6.07) is 17.9. The van der Waals surface area contributed by atoms with Gasteiger partial charge < -0.3 is 4.74 Å². The molecule has 0 spiro atoms. The summed E-state index contributed by atoms with van der Waals surface area (Å²) in [6.07, 6.45) is 12.4. The van der Waals surface area contributed by atoms with E-state index in [4.69, 9.17) is 4.74 Å². The molecule has 2 aromatic carbocycles. The summed E-state index contributed by atoms with van der Waals surface area (Å²) in [7, 11) is 0. The highest BCUT2D eigenvalue weighted by Gasteiger charge is 2.22. The second-order valence-electron chi connectivity index (χ2n) is 9.18. The molecule has 1 unspecified atom stereocenters. The summed E-state index contributed by atoms with van der Waals surface area (Å²) < 4.78 is 5.89. The van der Waals surface area contributed by atoms with E-state index < -0.39 is 0 Å². The van der Waals surface area contributed by atoms with E-state index in [0.717, 1.165) is 30.6 Å². The van der Waals surface area contributed by atoms with Crippen LogP contribution in [0.15, 0.2) is 48.5 Å². The van der Waals surface area contributed by atoms with E-state index in [0.29, 0.717) is 5.92 Å². The molecule has 0 saturated heterocycles. The molecule has 1 fully saturated rings. The zero-order valence-corrected chi connectivity index (χ0v) is 18.8. The van der Waals surface area contributed by atoms with Crippen molar-refractivity contribution < 1.29 is 4.74 Å². The van der Waals surface area contributed by atoms with Crippen LogP contribution in [-0.2, 0) is 0 Å². The SMILES string of the molecule is CCCCCC1CCC(c2ccc(-c3ccc(OCC(C)CC)cc3)cc2)CC1. The lowest BCUT2D eigenvalue weighted by molar-refractivity contribution is 0.256. The van der Waals surface area contributed by atoms with E-state index in [1.807, 2.05) is 0 Å². The standard InChI is InChI=1S/C28H40O/c1-4-6-7-8-23-9-11-24(12-10-23)25-13-15-26(16-14-25)27-17-19-28(20-18-27)29-21-22(3)5-2/h13-20,22-24H,4-12,21H2,1-3H3. The molecule has 0 bridgehead atoms. The van der Waals surface area contributed by atoms with Gasteiger partial charge >= 0.3 is 0 Å². The van der Waals surface area contributed by atoms with Crippen LogP contribution in [0.2, 0.25) is 0 Å². The molecule has 0 aromatic heterocycles. The van der Waals surface area contributed by atoms with E-state index in [2.05, 4.69) is 69.3 Å². The lowest BCUT2D eigenvalue weighted by Crippen LogP contribution is -2.13. The third-order valence-corrected chi connectivity index (χ3v) is 6.86. The Morgan fingerprint density at radius 2 is 1.45 bits per heavy atom. The van der Waals surface area contributed by atoms with Gasteiger partial charge in [-0.05, 0) is 72.3 Å². The zero-order chi connectivity index (χ0) is 20.5. The fourth-order valence-electron chi connectivity index (χ4n) is 4.52. The van der Waals surface area contributed by atoms with Crippen LogP contribution in [0.5, 0.6) is 5.75 Å². The first-order chi connectivity index (χ1) is 14.2.